The number of ether oxygens (including phenoxy) is 2. The first-order chi connectivity index (χ1) is 22.4. The van der Waals surface area contributed by atoms with Crippen LogP contribution < -0.4 is 15.6 Å². The molecule has 1 atom stereocenters. The summed E-state index contributed by atoms with van der Waals surface area (Å²) in [6.45, 7) is 11.3. The molecule has 0 bridgehead atoms. The number of aromatic amines is 2. The van der Waals surface area contributed by atoms with Crippen LogP contribution in [-0.2, 0) is 11.3 Å². The molecule has 12 heteroatoms. The SMILES string of the molecule is Cc1ccc(OC[C@H](O)CNc2cc[nH]c(=O)c2-c2nc3cc4c(cc3[nH]2)C(=O)N(C2CCN(C(=O)OC(C)(C)C)CC2)C4)c(C)c1. The number of nitrogens with one attached hydrogen (secondary N) is 3. The quantitative estimate of drug-likeness (QED) is 0.215. The fourth-order valence-corrected chi connectivity index (χ4v) is 6.23. The molecule has 2 aliphatic heterocycles. The first kappa shape index (κ1) is 32.1. The van der Waals surface area contributed by atoms with E-state index in [2.05, 4.69) is 15.3 Å². The summed E-state index contributed by atoms with van der Waals surface area (Å²) >= 11 is 0. The Morgan fingerprint density at radius 1 is 1.13 bits per heavy atom. The van der Waals surface area contributed by atoms with Crippen molar-refractivity contribution in [3.8, 4) is 17.1 Å². The number of carbonyl (C=O) groups excluding carboxylic acids is 2. The number of nitrogens with zero attached hydrogens (tertiary/aromatic N) is 3. The van der Waals surface area contributed by atoms with E-state index >= 15 is 0 Å². The molecule has 4 heterocycles. The topological polar surface area (TPSA) is 153 Å². The molecule has 0 saturated carbocycles. The van der Waals surface area contributed by atoms with E-state index in [1.807, 2.05) is 63.8 Å². The van der Waals surface area contributed by atoms with Crippen molar-refractivity contribution in [2.75, 3.05) is 31.6 Å². The number of H-pyrrole nitrogens is 2. The lowest BCUT2D eigenvalue weighted by atomic mass is 10.0. The molecule has 12 nitrogen and oxygen atoms in total. The van der Waals surface area contributed by atoms with E-state index in [4.69, 9.17) is 14.5 Å². The number of imidazole rings is 1. The minimum atomic E-state index is -0.833. The highest BCUT2D eigenvalue weighted by atomic mass is 16.6. The number of fused-ring (bicyclic) bond motifs is 2. The van der Waals surface area contributed by atoms with Gasteiger partial charge in [-0.15, -0.1) is 0 Å². The van der Waals surface area contributed by atoms with Crippen LogP contribution in [0.5, 0.6) is 5.75 Å². The van der Waals surface area contributed by atoms with Crippen molar-refractivity contribution >= 4 is 28.7 Å². The molecule has 1 fully saturated rings. The summed E-state index contributed by atoms with van der Waals surface area (Å²) in [6, 6.07) is 11.3. The van der Waals surface area contributed by atoms with Gasteiger partial charge in [0, 0.05) is 44.0 Å². The Morgan fingerprint density at radius 2 is 1.89 bits per heavy atom. The molecule has 4 aromatic rings. The number of benzene rings is 2. The molecule has 47 heavy (non-hydrogen) atoms. The van der Waals surface area contributed by atoms with Crippen LogP contribution in [0.4, 0.5) is 10.5 Å². The molecule has 0 radical (unpaired) electrons. The maximum absolute atomic E-state index is 13.5. The molecule has 0 aliphatic carbocycles. The highest BCUT2D eigenvalue weighted by Gasteiger charge is 2.36. The fourth-order valence-electron chi connectivity index (χ4n) is 6.23. The van der Waals surface area contributed by atoms with E-state index < -0.39 is 11.7 Å². The number of amides is 2. The first-order valence-corrected chi connectivity index (χ1v) is 16.0. The van der Waals surface area contributed by atoms with Gasteiger partial charge in [-0.05, 0) is 82.9 Å². The van der Waals surface area contributed by atoms with Gasteiger partial charge in [-0.2, -0.15) is 0 Å². The zero-order valence-corrected chi connectivity index (χ0v) is 27.5. The third-order valence-corrected chi connectivity index (χ3v) is 8.58. The van der Waals surface area contributed by atoms with E-state index in [0.717, 1.165) is 16.7 Å². The third-order valence-electron chi connectivity index (χ3n) is 8.58. The second kappa shape index (κ2) is 12.7. The maximum atomic E-state index is 13.5. The summed E-state index contributed by atoms with van der Waals surface area (Å²) in [6.07, 6.45) is 1.74. The number of pyridine rings is 1. The zero-order valence-electron chi connectivity index (χ0n) is 27.5. The van der Waals surface area contributed by atoms with Gasteiger partial charge in [0.2, 0.25) is 0 Å². The zero-order chi connectivity index (χ0) is 33.5. The molecule has 0 unspecified atom stereocenters. The van der Waals surface area contributed by atoms with Crippen LogP contribution in [0.2, 0.25) is 0 Å². The van der Waals surface area contributed by atoms with Gasteiger partial charge in [-0.25, -0.2) is 9.78 Å². The molecule has 4 N–H and O–H groups in total. The van der Waals surface area contributed by atoms with Crippen LogP contribution in [0.3, 0.4) is 0 Å². The summed E-state index contributed by atoms with van der Waals surface area (Å²) in [7, 11) is 0. The van der Waals surface area contributed by atoms with Crippen molar-refractivity contribution in [2.45, 2.75) is 71.8 Å². The van der Waals surface area contributed by atoms with Crippen LogP contribution >= 0.6 is 0 Å². The minimum absolute atomic E-state index is 0.0219. The van der Waals surface area contributed by atoms with Crippen LogP contribution in [0, 0.1) is 13.8 Å². The molecular formula is C35H42N6O6. The normalized spacial score (nSPS) is 16.0. The predicted octanol–water partition coefficient (Wildman–Crippen LogP) is 4.74. The number of carbonyl (C=O) groups is 2. The van der Waals surface area contributed by atoms with E-state index in [1.165, 1.54) is 6.20 Å². The van der Waals surface area contributed by atoms with Crippen LogP contribution in [0.25, 0.3) is 22.4 Å². The number of anilines is 1. The average Bonchev–Trinajstić information content (AvgIpc) is 3.57. The van der Waals surface area contributed by atoms with Gasteiger partial charge in [-0.3, -0.25) is 9.59 Å². The Kier molecular flexibility index (Phi) is 8.71. The predicted molar refractivity (Wildman–Crippen MR) is 179 cm³/mol. The molecule has 1 saturated heterocycles. The lowest BCUT2D eigenvalue weighted by Crippen LogP contribution is -2.48. The highest BCUT2D eigenvalue weighted by molar-refractivity contribution is 6.02. The Balaban J connectivity index is 1.12. The molecule has 0 spiro atoms. The largest absolute Gasteiger partial charge is 0.491 e. The molecule has 6 rings (SSSR count). The molecular weight excluding hydrogens is 600 g/mol. The van der Waals surface area contributed by atoms with Crippen molar-refractivity contribution in [1.29, 1.82) is 0 Å². The third kappa shape index (κ3) is 6.97. The molecule has 2 aliphatic rings. The number of aliphatic hydroxyl groups excluding tert-OH is 1. The number of piperidine rings is 1. The Bertz CT molecular complexity index is 1870. The number of hydrogen-bond donors (Lipinski definition) is 4. The number of likely N-dealkylation sites (tertiary alicyclic amines) is 1. The van der Waals surface area contributed by atoms with Gasteiger partial charge in [0.05, 0.1) is 16.7 Å². The van der Waals surface area contributed by atoms with Gasteiger partial charge >= 0.3 is 6.09 Å². The number of aryl methyl sites for hydroxylation is 2. The molecule has 2 aromatic carbocycles. The van der Waals surface area contributed by atoms with Crippen molar-refractivity contribution in [1.82, 2.24) is 24.8 Å². The monoisotopic (exact) mass is 642 g/mol. The lowest BCUT2D eigenvalue weighted by Gasteiger charge is -2.37. The lowest BCUT2D eigenvalue weighted by molar-refractivity contribution is 0.0148. The standard InChI is InChI=1S/C35H42N6O6/c1-20-6-7-29(21(2)14-20)46-19-24(42)17-37-26-8-11-36-32(43)30(26)31-38-27-15-22-18-41(33(44)25(22)16-28(27)39-31)23-9-12-40(13-10-23)34(45)47-35(3,4)5/h6-8,11,14-16,23-24,42H,9-10,12-13,17-19H2,1-5H3,(H,38,39)(H2,36,37,43)/t24-/m1/s1. The average molecular weight is 643 g/mol. The van der Waals surface area contributed by atoms with E-state index in [-0.39, 0.29) is 36.8 Å². The van der Waals surface area contributed by atoms with Crippen molar-refractivity contribution in [3.63, 3.8) is 0 Å². The number of aliphatic hydroxyl groups is 1. The van der Waals surface area contributed by atoms with Gasteiger partial charge in [-0.1, -0.05) is 17.7 Å². The van der Waals surface area contributed by atoms with Gasteiger partial charge < -0.3 is 39.7 Å². The van der Waals surface area contributed by atoms with Crippen molar-refractivity contribution in [2.24, 2.45) is 0 Å². The van der Waals surface area contributed by atoms with E-state index in [0.29, 0.717) is 71.9 Å². The summed E-state index contributed by atoms with van der Waals surface area (Å²) in [5.74, 6) is 1.02. The summed E-state index contributed by atoms with van der Waals surface area (Å²) < 4.78 is 11.3. The minimum Gasteiger partial charge on any atom is -0.491 e. The number of aromatic nitrogens is 3. The Labute approximate surface area is 273 Å². The maximum Gasteiger partial charge on any atom is 0.410 e. The smallest absolute Gasteiger partial charge is 0.410 e. The van der Waals surface area contributed by atoms with Crippen LogP contribution in [0.1, 0.15) is 60.7 Å². The first-order valence-electron chi connectivity index (χ1n) is 16.0. The second-order valence-corrected chi connectivity index (χ2v) is 13.5. The molecule has 2 amide bonds. The van der Waals surface area contributed by atoms with Crippen LogP contribution in [-0.4, -0.2) is 85.8 Å². The Morgan fingerprint density at radius 3 is 2.62 bits per heavy atom. The van der Waals surface area contributed by atoms with Gasteiger partial charge in [0.25, 0.3) is 11.5 Å². The fraction of sp³-hybridized carbons (Fsp3) is 0.429. The van der Waals surface area contributed by atoms with Gasteiger partial charge in [0.1, 0.15) is 35.4 Å². The number of hydrogen-bond acceptors (Lipinski definition) is 8. The molecule has 248 valence electrons. The van der Waals surface area contributed by atoms with Crippen molar-refractivity contribution < 1.29 is 24.2 Å². The van der Waals surface area contributed by atoms with E-state index in [9.17, 15) is 19.5 Å². The number of rotatable bonds is 8. The van der Waals surface area contributed by atoms with Crippen molar-refractivity contribution in [3.05, 3.63) is 75.2 Å². The highest BCUT2D eigenvalue weighted by Crippen LogP contribution is 2.33. The van der Waals surface area contributed by atoms with Gasteiger partial charge in [0.15, 0.2) is 0 Å². The Hall–Kier alpha value is -4.84. The summed E-state index contributed by atoms with van der Waals surface area (Å²) in [5, 5.41) is 13.8. The second-order valence-electron chi connectivity index (χ2n) is 13.5. The summed E-state index contributed by atoms with van der Waals surface area (Å²) in [5.41, 5.74) is 4.81. The van der Waals surface area contributed by atoms with E-state index in [1.54, 1.807) is 17.0 Å². The molecule has 2 aromatic heterocycles. The van der Waals surface area contributed by atoms with Crippen LogP contribution in [0.15, 0.2) is 47.4 Å². The summed E-state index contributed by atoms with van der Waals surface area (Å²) in [4.78, 5) is 53.3.